The summed E-state index contributed by atoms with van der Waals surface area (Å²) >= 11 is 0. The Labute approximate surface area is 202 Å². The molecule has 1 aliphatic heterocycles. The van der Waals surface area contributed by atoms with Crippen LogP contribution in [0, 0.1) is 0 Å². The van der Waals surface area contributed by atoms with Crippen LogP contribution < -0.4 is 29.2 Å². The van der Waals surface area contributed by atoms with Crippen LogP contribution in [0.25, 0.3) is 11.1 Å². The predicted molar refractivity (Wildman–Crippen MR) is 137 cm³/mol. The number of nitrogens with one attached hydrogen (secondary N) is 1. The van der Waals surface area contributed by atoms with Crippen molar-refractivity contribution >= 4 is 5.69 Å². The van der Waals surface area contributed by atoms with Crippen molar-refractivity contribution in [2.75, 3.05) is 46.4 Å². The van der Waals surface area contributed by atoms with E-state index >= 15 is 0 Å². The number of piperidine rings is 1. The molecule has 1 fully saturated rings. The molecule has 0 amide bonds. The van der Waals surface area contributed by atoms with E-state index in [1.807, 2.05) is 18.2 Å². The van der Waals surface area contributed by atoms with Crippen molar-refractivity contribution in [3.05, 3.63) is 66.2 Å². The molecule has 3 aromatic rings. The first kappa shape index (κ1) is 23.8. The van der Waals surface area contributed by atoms with Crippen molar-refractivity contribution < 1.29 is 18.9 Å². The van der Waals surface area contributed by atoms with Crippen LogP contribution in [0.1, 0.15) is 18.4 Å². The van der Waals surface area contributed by atoms with Crippen molar-refractivity contribution in [2.24, 2.45) is 0 Å². The van der Waals surface area contributed by atoms with Crippen molar-refractivity contribution in [3.8, 4) is 34.1 Å². The number of nitrogens with zero attached hydrogens (tertiary/aromatic N) is 1. The second-order valence-corrected chi connectivity index (χ2v) is 8.42. The smallest absolute Gasteiger partial charge is 0.203 e. The Morgan fingerprint density at radius 3 is 2.12 bits per heavy atom. The molecular weight excluding hydrogens is 428 g/mol. The van der Waals surface area contributed by atoms with Gasteiger partial charge in [-0.15, -0.1) is 0 Å². The molecule has 0 radical (unpaired) electrons. The number of benzene rings is 3. The standard InChI is InChI=1S/C28H34N2O4/c1-31-25-10-6-9-24(18-25)30(23-11-13-29-14-12-23)19-20-7-5-8-21(15-20)22-16-26(32-2)28(34-4)27(17-22)33-3/h5-10,15-18,23,29H,11-14,19H2,1-4H3. The highest BCUT2D eigenvalue weighted by atomic mass is 16.5. The Morgan fingerprint density at radius 2 is 1.47 bits per heavy atom. The molecule has 1 saturated heterocycles. The first-order valence-electron chi connectivity index (χ1n) is 11.7. The van der Waals surface area contributed by atoms with Gasteiger partial charge in [-0.3, -0.25) is 0 Å². The van der Waals surface area contributed by atoms with E-state index in [0.29, 0.717) is 23.3 Å². The molecular formula is C28H34N2O4. The van der Waals surface area contributed by atoms with Crippen LogP contribution in [-0.4, -0.2) is 47.6 Å². The number of methoxy groups -OCH3 is 4. The minimum Gasteiger partial charge on any atom is -0.497 e. The van der Waals surface area contributed by atoms with Crippen LogP contribution in [-0.2, 0) is 6.54 Å². The van der Waals surface area contributed by atoms with E-state index in [2.05, 4.69) is 52.7 Å². The zero-order valence-corrected chi connectivity index (χ0v) is 20.5. The Balaban J connectivity index is 1.68. The molecule has 0 bridgehead atoms. The van der Waals surface area contributed by atoms with Gasteiger partial charge in [0.05, 0.1) is 28.4 Å². The fourth-order valence-electron chi connectivity index (χ4n) is 4.63. The largest absolute Gasteiger partial charge is 0.497 e. The normalized spacial score (nSPS) is 13.9. The lowest BCUT2D eigenvalue weighted by Crippen LogP contribution is -2.43. The summed E-state index contributed by atoms with van der Waals surface area (Å²) in [6, 6.07) is 21.5. The average molecular weight is 463 g/mol. The topological polar surface area (TPSA) is 52.2 Å². The van der Waals surface area contributed by atoms with Gasteiger partial charge in [-0.25, -0.2) is 0 Å². The second-order valence-electron chi connectivity index (χ2n) is 8.42. The molecule has 6 nitrogen and oxygen atoms in total. The average Bonchev–Trinajstić information content (AvgIpc) is 2.91. The maximum absolute atomic E-state index is 5.56. The van der Waals surface area contributed by atoms with Gasteiger partial charge in [-0.2, -0.15) is 0 Å². The predicted octanol–water partition coefficient (Wildman–Crippen LogP) is 5.15. The molecule has 0 atom stereocenters. The summed E-state index contributed by atoms with van der Waals surface area (Å²) in [6.07, 6.45) is 2.23. The summed E-state index contributed by atoms with van der Waals surface area (Å²) in [7, 11) is 6.62. The second kappa shape index (κ2) is 11.2. The van der Waals surface area contributed by atoms with Gasteiger partial charge < -0.3 is 29.2 Å². The molecule has 0 saturated carbocycles. The van der Waals surface area contributed by atoms with Gasteiger partial charge in [-0.05, 0) is 73.0 Å². The van der Waals surface area contributed by atoms with Gasteiger partial charge in [0, 0.05) is 24.3 Å². The maximum atomic E-state index is 5.56. The van der Waals surface area contributed by atoms with E-state index in [-0.39, 0.29) is 0 Å². The number of ether oxygens (including phenoxy) is 4. The van der Waals surface area contributed by atoms with E-state index in [1.165, 1.54) is 11.3 Å². The summed E-state index contributed by atoms with van der Waals surface area (Å²) in [6.45, 7) is 2.89. The highest BCUT2D eigenvalue weighted by molar-refractivity contribution is 5.71. The third-order valence-corrected chi connectivity index (χ3v) is 6.41. The maximum Gasteiger partial charge on any atom is 0.203 e. The molecule has 0 aromatic heterocycles. The number of anilines is 1. The van der Waals surface area contributed by atoms with E-state index in [4.69, 9.17) is 18.9 Å². The fourth-order valence-corrected chi connectivity index (χ4v) is 4.63. The lowest BCUT2D eigenvalue weighted by Gasteiger charge is -2.37. The summed E-state index contributed by atoms with van der Waals surface area (Å²) in [4.78, 5) is 2.51. The van der Waals surface area contributed by atoms with E-state index in [9.17, 15) is 0 Å². The van der Waals surface area contributed by atoms with Crippen LogP contribution in [0.2, 0.25) is 0 Å². The number of hydrogen-bond donors (Lipinski definition) is 1. The SMILES string of the molecule is COc1cccc(N(Cc2cccc(-c3cc(OC)c(OC)c(OC)c3)c2)C2CCNCC2)c1. The summed E-state index contributed by atoms with van der Waals surface area (Å²) < 4.78 is 22.1. The monoisotopic (exact) mass is 462 g/mol. The zero-order chi connectivity index (χ0) is 23.9. The Morgan fingerprint density at radius 1 is 0.765 bits per heavy atom. The van der Waals surface area contributed by atoms with Crippen molar-refractivity contribution in [3.63, 3.8) is 0 Å². The lowest BCUT2D eigenvalue weighted by atomic mass is 9.99. The number of rotatable bonds is 9. The third-order valence-electron chi connectivity index (χ3n) is 6.41. The van der Waals surface area contributed by atoms with Crippen LogP contribution in [0.3, 0.4) is 0 Å². The molecule has 0 aliphatic carbocycles. The van der Waals surface area contributed by atoms with Crippen LogP contribution >= 0.6 is 0 Å². The van der Waals surface area contributed by atoms with E-state index in [1.54, 1.807) is 28.4 Å². The lowest BCUT2D eigenvalue weighted by molar-refractivity contribution is 0.324. The van der Waals surface area contributed by atoms with Gasteiger partial charge in [-0.1, -0.05) is 24.3 Å². The highest BCUT2D eigenvalue weighted by Gasteiger charge is 2.22. The van der Waals surface area contributed by atoms with Crippen LogP contribution in [0.5, 0.6) is 23.0 Å². The molecule has 4 rings (SSSR count). The molecule has 1 heterocycles. The van der Waals surface area contributed by atoms with Crippen molar-refractivity contribution in [1.82, 2.24) is 5.32 Å². The van der Waals surface area contributed by atoms with E-state index < -0.39 is 0 Å². The summed E-state index contributed by atoms with van der Waals surface area (Å²) in [5.41, 5.74) is 4.55. The summed E-state index contributed by atoms with van der Waals surface area (Å²) in [5.74, 6) is 2.77. The molecule has 1 aliphatic rings. The summed E-state index contributed by atoms with van der Waals surface area (Å²) in [5, 5.41) is 3.48. The highest BCUT2D eigenvalue weighted by Crippen LogP contribution is 2.41. The van der Waals surface area contributed by atoms with Gasteiger partial charge in [0.2, 0.25) is 5.75 Å². The molecule has 0 unspecified atom stereocenters. The minimum absolute atomic E-state index is 0.471. The molecule has 34 heavy (non-hydrogen) atoms. The van der Waals surface area contributed by atoms with Crippen LogP contribution in [0.15, 0.2) is 60.7 Å². The van der Waals surface area contributed by atoms with Gasteiger partial charge in [0.1, 0.15) is 5.75 Å². The quantitative estimate of drug-likeness (QED) is 0.475. The first-order chi connectivity index (χ1) is 16.7. The van der Waals surface area contributed by atoms with Gasteiger partial charge in [0.15, 0.2) is 11.5 Å². The van der Waals surface area contributed by atoms with Crippen LogP contribution in [0.4, 0.5) is 5.69 Å². The fraction of sp³-hybridized carbons (Fsp3) is 0.357. The molecule has 6 heteroatoms. The molecule has 3 aromatic carbocycles. The molecule has 0 spiro atoms. The van der Waals surface area contributed by atoms with E-state index in [0.717, 1.165) is 49.4 Å². The van der Waals surface area contributed by atoms with Crippen molar-refractivity contribution in [1.29, 1.82) is 0 Å². The first-order valence-corrected chi connectivity index (χ1v) is 11.7. The molecule has 180 valence electrons. The Kier molecular flexibility index (Phi) is 7.80. The van der Waals surface area contributed by atoms with Gasteiger partial charge in [0.25, 0.3) is 0 Å². The number of hydrogen-bond acceptors (Lipinski definition) is 6. The molecule has 1 N–H and O–H groups in total. The van der Waals surface area contributed by atoms with Crippen molar-refractivity contribution in [2.45, 2.75) is 25.4 Å². The third kappa shape index (κ3) is 5.23. The van der Waals surface area contributed by atoms with Gasteiger partial charge >= 0.3 is 0 Å². The Hall–Kier alpha value is -3.38. The Bertz CT molecular complexity index is 1070. The minimum atomic E-state index is 0.471. The zero-order valence-electron chi connectivity index (χ0n) is 20.5.